The van der Waals surface area contributed by atoms with Crippen LogP contribution in [0.15, 0.2) is 30.3 Å². The predicted octanol–water partition coefficient (Wildman–Crippen LogP) is 1.30. The molecule has 3 N–H and O–H groups in total. The van der Waals surface area contributed by atoms with Crippen molar-refractivity contribution in [1.29, 1.82) is 0 Å². The molecule has 2 aliphatic heterocycles. The van der Waals surface area contributed by atoms with Crippen LogP contribution in [0.5, 0.6) is 0 Å². The molecule has 2 fully saturated rings. The second kappa shape index (κ2) is 10.3. The van der Waals surface area contributed by atoms with Crippen molar-refractivity contribution < 1.29 is 23.9 Å². The summed E-state index contributed by atoms with van der Waals surface area (Å²) in [5, 5.41) is 5.70. The van der Waals surface area contributed by atoms with Gasteiger partial charge in [-0.15, -0.1) is 0 Å². The summed E-state index contributed by atoms with van der Waals surface area (Å²) in [6, 6.07) is 7.25. The van der Waals surface area contributed by atoms with Gasteiger partial charge in [0.2, 0.25) is 11.8 Å². The van der Waals surface area contributed by atoms with E-state index in [-0.39, 0.29) is 18.7 Å². The summed E-state index contributed by atoms with van der Waals surface area (Å²) in [6.45, 7) is 5.64. The van der Waals surface area contributed by atoms with Gasteiger partial charge in [-0.3, -0.25) is 24.7 Å². The number of primary amides is 1. The summed E-state index contributed by atoms with van der Waals surface area (Å²) in [5.41, 5.74) is 5.97. The Bertz CT molecular complexity index is 883. The Kier molecular flexibility index (Phi) is 7.73. The van der Waals surface area contributed by atoms with E-state index in [1.807, 2.05) is 30.3 Å². The van der Waals surface area contributed by atoms with Crippen molar-refractivity contribution in [3.8, 4) is 0 Å². The maximum absolute atomic E-state index is 13.5. The van der Waals surface area contributed by atoms with Crippen LogP contribution in [0.25, 0.3) is 0 Å². The molecule has 3 rings (SSSR count). The van der Waals surface area contributed by atoms with Crippen molar-refractivity contribution in [2.75, 3.05) is 6.54 Å². The maximum atomic E-state index is 13.5. The first-order valence-electron chi connectivity index (χ1n) is 11.5. The van der Waals surface area contributed by atoms with Gasteiger partial charge in [0.25, 0.3) is 5.91 Å². The van der Waals surface area contributed by atoms with Gasteiger partial charge in [0.1, 0.15) is 5.60 Å². The average Bonchev–Trinajstić information content (AvgIpc) is 2.87. The summed E-state index contributed by atoms with van der Waals surface area (Å²) in [6.07, 6.45) is 2.38. The van der Waals surface area contributed by atoms with Gasteiger partial charge in [-0.1, -0.05) is 30.3 Å². The fraction of sp³-hybridized carbons (Fsp3) is 0.583. The number of rotatable bonds is 7. The van der Waals surface area contributed by atoms with Gasteiger partial charge in [0.15, 0.2) is 6.04 Å². The Balaban J connectivity index is 1.78. The van der Waals surface area contributed by atoms with Gasteiger partial charge in [-0.25, -0.2) is 9.80 Å². The summed E-state index contributed by atoms with van der Waals surface area (Å²) in [5.74, 6) is -1.73. The largest absolute Gasteiger partial charge is 0.458 e. The van der Waals surface area contributed by atoms with Crippen molar-refractivity contribution in [3.05, 3.63) is 35.9 Å². The lowest BCUT2D eigenvalue weighted by atomic mass is 10.0. The molecule has 0 radical (unpaired) electrons. The molecule has 3 amide bonds. The van der Waals surface area contributed by atoms with E-state index < -0.39 is 41.5 Å². The van der Waals surface area contributed by atoms with E-state index in [0.29, 0.717) is 32.2 Å². The Labute approximate surface area is 194 Å². The quantitative estimate of drug-likeness (QED) is 0.594. The molecule has 2 aliphatic rings. The Morgan fingerprint density at radius 3 is 2.52 bits per heavy atom. The van der Waals surface area contributed by atoms with Crippen LogP contribution in [0.4, 0.5) is 0 Å². The topological polar surface area (TPSA) is 122 Å². The number of ether oxygens (including phenoxy) is 1. The summed E-state index contributed by atoms with van der Waals surface area (Å²) < 4.78 is 5.53. The molecular weight excluding hydrogens is 424 g/mol. The number of benzene rings is 1. The highest BCUT2D eigenvalue weighted by molar-refractivity contribution is 5.92. The molecular formula is C24H34N4O5. The number of aryl methyl sites for hydroxylation is 1. The fourth-order valence-electron chi connectivity index (χ4n) is 4.28. The molecule has 0 unspecified atom stereocenters. The predicted molar refractivity (Wildman–Crippen MR) is 121 cm³/mol. The molecule has 9 nitrogen and oxygen atoms in total. The highest BCUT2D eigenvalue weighted by atomic mass is 16.6. The molecule has 9 heteroatoms. The van der Waals surface area contributed by atoms with E-state index >= 15 is 0 Å². The second-order valence-corrected chi connectivity index (χ2v) is 9.63. The maximum Gasteiger partial charge on any atom is 0.331 e. The third-order valence-electron chi connectivity index (χ3n) is 5.85. The molecule has 33 heavy (non-hydrogen) atoms. The van der Waals surface area contributed by atoms with E-state index in [1.54, 1.807) is 20.8 Å². The lowest BCUT2D eigenvalue weighted by Gasteiger charge is -2.43. The first kappa shape index (κ1) is 24.7. The monoisotopic (exact) mass is 458 g/mol. The van der Waals surface area contributed by atoms with Gasteiger partial charge in [0, 0.05) is 13.0 Å². The number of hydrogen-bond acceptors (Lipinski definition) is 6. The minimum Gasteiger partial charge on any atom is -0.458 e. The molecule has 1 aromatic rings. The lowest BCUT2D eigenvalue weighted by Crippen LogP contribution is -2.63. The van der Waals surface area contributed by atoms with Crippen LogP contribution < -0.4 is 11.1 Å². The van der Waals surface area contributed by atoms with Gasteiger partial charge < -0.3 is 10.5 Å². The van der Waals surface area contributed by atoms with E-state index in [2.05, 4.69) is 5.32 Å². The van der Waals surface area contributed by atoms with Gasteiger partial charge in [-0.05, 0) is 58.4 Å². The zero-order valence-electron chi connectivity index (χ0n) is 19.6. The number of nitrogens with one attached hydrogen (secondary N) is 1. The molecule has 180 valence electrons. The number of nitrogens with two attached hydrogens (primary N) is 1. The Morgan fingerprint density at radius 1 is 1.18 bits per heavy atom. The van der Waals surface area contributed by atoms with Crippen molar-refractivity contribution in [3.63, 3.8) is 0 Å². The number of fused-ring (bicyclic) bond motifs is 1. The third kappa shape index (κ3) is 6.31. The molecule has 3 atom stereocenters. The number of carbonyl (C=O) groups excluding carboxylic acids is 4. The Morgan fingerprint density at radius 2 is 1.88 bits per heavy atom. The van der Waals surface area contributed by atoms with Crippen molar-refractivity contribution in [1.82, 2.24) is 15.3 Å². The normalized spacial score (nSPS) is 22.4. The number of esters is 1. The minimum atomic E-state index is -0.881. The van der Waals surface area contributed by atoms with Crippen molar-refractivity contribution >= 4 is 23.7 Å². The number of carbonyl (C=O) groups is 4. The highest BCUT2D eigenvalue weighted by Crippen LogP contribution is 2.27. The van der Waals surface area contributed by atoms with E-state index in [9.17, 15) is 19.2 Å². The lowest BCUT2D eigenvalue weighted by molar-refractivity contribution is -0.188. The highest BCUT2D eigenvalue weighted by Gasteiger charge is 2.46. The molecule has 2 heterocycles. The standard InChI is InChI=1S/C24H34N4O5/c1-24(2,3)33-23(32)19-10-7-15-27-20(29)14-13-18(22(31)28(19)27)26-17(21(25)30)12-11-16-8-5-4-6-9-16/h4-6,8-9,17-19,26H,7,10-15H2,1-3H3,(H2,25,30)/t17-,18-,19-/m0/s1. The summed E-state index contributed by atoms with van der Waals surface area (Å²) in [4.78, 5) is 51.4. The van der Waals surface area contributed by atoms with Crippen LogP contribution in [-0.2, 0) is 30.3 Å². The van der Waals surface area contributed by atoms with Crippen LogP contribution in [-0.4, -0.2) is 64.0 Å². The number of hydrazine groups is 1. The molecule has 2 saturated heterocycles. The Hall–Kier alpha value is -2.94. The third-order valence-corrected chi connectivity index (χ3v) is 5.85. The van der Waals surface area contributed by atoms with Crippen LogP contribution in [0, 0.1) is 0 Å². The average molecular weight is 459 g/mol. The molecule has 0 saturated carbocycles. The molecule has 0 aliphatic carbocycles. The SMILES string of the molecule is CC(C)(C)OC(=O)[C@@H]1CCCN2C(=O)CC[C@H](N[C@@H](CCc3ccccc3)C(N)=O)C(=O)N12. The molecule has 1 aromatic carbocycles. The molecule has 0 spiro atoms. The van der Waals surface area contributed by atoms with Gasteiger partial charge in [0.05, 0.1) is 12.1 Å². The van der Waals surface area contributed by atoms with E-state index in [1.165, 1.54) is 10.0 Å². The van der Waals surface area contributed by atoms with Crippen LogP contribution >= 0.6 is 0 Å². The van der Waals surface area contributed by atoms with Crippen molar-refractivity contribution in [2.45, 2.75) is 83.0 Å². The number of nitrogens with zero attached hydrogens (tertiary/aromatic N) is 2. The smallest absolute Gasteiger partial charge is 0.331 e. The molecule has 0 aromatic heterocycles. The second-order valence-electron chi connectivity index (χ2n) is 9.63. The molecule has 0 bridgehead atoms. The van der Waals surface area contributed by atoms with Crippen LogP contribution in [0.1, 0.15) is 58.4 Å². The number of amides is 3. The van der Waals surface area contributed by atoms with E-state index in [4.69, 9.17) is 10.5 Å². The zero-order chi connectivity index (χ0) is 24.2. The first-order valence-corrected chi connectivity index (χ1v) is 11.5. The minimum absolute atomic E-state index is 0.130. The van der Waals surface area contributed by atoms with Gasteiger partial charge >= 0.3 is 5.97 Å². The summed E-state index contributed by atoms with van der Waals surface area (Å²) in [7, 11) is 0. The zero-order valence-corrected chi connectivity index (χ0v) is 19.6. The van der Waals surface area contributed by atoms with Crippen LogP contribution in [0.2, 0.25) is 0 Å². The van der Waals surface area contributed by atoms with Gasteiger partial charge in [-0.2, -0.15) is 0 Å². The first-order chi connectivity index (χ1) is 15.6. The van der Waals surface area contributed by atoms with Crippen molar-refractivity contribution in [2.24, 2.45) is 5.73 Å². The number of hydrogen-bond donors (Lipinski definition) is 2. The summed E-state index contributed by atoms with van der Waals surface area (Å²) >= 11 is 0. The van der Waals surface area contributed by atoms with E-state index in [0.717, 1.165) is 5.56 Å². The van der Waals surface area contributed by atoms with Crippen LogP contribution in [0.3, 0.4) is 0 Å². The fourth-order valence-corrected chi connectivity index (χ4v) is 4.28.